The number of nitrogens with zero attached hydrogens (tertiary/aromatic N) is 2. The normalized spacial score (nSPS) is 11.0. The van der Waals surface area contributed by atoms with Crippen LogP contribution < -0.4 is 11.0 Å². The number of aryl methyl sites for hydroxylation is 2. The Balaban J connectivity index is 1.72. The van der Waals surface area contributed by atoms with Gasteiger partial charge in [0.15, 0.2) is 0 Å². The van der Waals surface area contributed by atoms with Crippen LogP contribution in [0.4, 0.5) is 0 Å². The number of carbonyl (C=O) groups is 1. The predicted octanol–water partition coefficient (Wildman–Crippen LogP) is 2.50. The molecule has 2 aromatic carbocycles. The number of imidazole rings is 1. The van der Waals surface area contributed by atoms with Crippen molar-refractivity contribution in [2.45, 2.75) is 6.42 Å². The van der Waals surface area contributed by atoms with Gasteiger partial charge in [0, 0.05) is 31.2 Å². The van der Waals surface area contributed by atoms with Gasteiger partial charge in [0.05, 0.1) is 11.0 Å². The summed E-state index contributed by atoms with van der Waals surface area (Å²) in [4.78, 5) is 24.3. The largest absolute Gasteiger partial charge is 0.352 e. The zero-order valence-electron chi connectivity index (χ0n) is 13.5. The lowest BCUT2D eigenvalue weighted by atomic mass is 10.1. The number of aromatic nitrogens is 2. The van der Waals surface area contributed by atoms with E-state index in [1.165, 1.54) is 4.57 Å². The topological polar surface area (TPSA) is 56.0 Å². The molecule has 0 fully saturated rings. The maximum Gasteiger partial charge on any atom is 0.328 e. The van der Waals surface area contributed by atoms with Crippen molar-refractivity contribution in [2.75, 3.05) is 6.54 Å². The molecule has 0 aliphatic carbocycles. The molecule has 24 heavy (non-hydrogen) atoms. The molecule has 0 unspecified atom stereocenters. The molecule has 1 amide bonds. The summed E-state index contributed by atoms with van der Waals surface area (Å²) in [6.07, 6.45) is 0.707. The Morgan fingerprint density at radius 2 is 1.83 bits per heavy atom. The van der Waals surface area contributed by atoms with Crippen molar-refractivity contribution in [1.29, 1.82) is 0 Å². The van der Waals surface area contributed by atoms with E-state index in [0.29, 0.717) is 23.6 Å². The monoisotopic (exact) mass is 343 g/mol. The maximum atomic E-state index is 12.3. The summed E-state index contributed by atoms with van der Waals surface area (Å²) in [6.45, 7) is 0.519. The number of benzene rings is 2. The van der Waals surface area contributed by atoms with Crippen molar-refractivity contribution in [2.24, 2.45) is 14.1 Å². The Kier molecular flexibility index (Phi) is 4.44. The predicted molar refractivity (Wildman–Crippen MR) is 95.6 cm³/mol. The maximum absolute atomic E-state index is 12.3. The third-order valence-electron chi connectivity index (χ3n) is 4.12. The molecule has 1 N–H and O–H groups in total. The second kappa shape index (κ2) is 6.53. The minimum Gasteiger partial charge on any atom is -0.352 e. The first-order valence-electron chi connectivity index (χ1n) is 7.65. The molecule has 0 spiro atoms. The smallest absolute Gasteiger partial charge is 0.328 e. The van der Waals surface area contributed by atoms with Crippen LogP contribution in [0, 0.1) is 0 Å². The number of carbonyl (C=O) groups excluding carboxylic acids is 1. The third-order valence-corrected chi connectivity index (χ3v) is 4.36. The number of fused-ring (bicyclic) bond motifs is 1. The van der Waals surface area contributed by atoms with Crippen LogP contribution in [0.15, 0.2) is 47.3 Å². The zero-order chi connectivity index (χ0) is 17.3. The van der Waals surface area contributed by atoms with E-state index < -0.39 is 0 Å². The molecule has 3 rings (SSSR count). The number of rotatable bonds is 4. The lowest BCUT2D eigenvalue weighted by molar-refractivity contribution is 0.0954. The molecule has 0 atom stereocenters. The quantitative estimate of drug-likeness (QED) is 0.791. The third kappa shape index (κ3) is 3.08. The summed E-state index contributed by atoms with van der Waals surface area (Å²) in [7, 11) is 3.42. The summed E-state index contributed by atoms with van der Waals surface area (Å²) in [5.41, 5.74) is 3.05. The van der Waals surface area contributed by atoms with Crippen LogP contribution >= 0.6 is 11.6 Å². The Labute approximate surface area is 144 Å². The molecule has 0 aliphatic heterocycles. The van der Waals surface area contributed by atoms with Crippen LogP contribution in [-0.4, -0.2) is 21.6 Å². The minimum absolute atomic E-state index is 0.108. The summed E-state index contributed by atoms with van der Waals surface area (Å²) in [6, 6.07) is 12.8. The highest BCUT2D eigenvalue weighted by Gasteiger charge is 2.11. The molecule has 0 bridgehead atoms. The molecule has 6 heteroatoms. The van der Waals surface area contributed by atoms with E-state index in [9.17, 15) is 9.59 Å². The van der Waals surface area contributed by atoms with Crippen molar-refractivity contribution >= 4 is 28.5 Å². The molecule has 3 aromatic rings. The average Bonchev–Trinajstić information content (AvgIpc) is 2.79. The van der Waals surface area contributed by atoms with E-state index in [-0.39, 0.29) is 11.6 Å². The van der Waals surface area contributed by atoms with Gasteiger partial charge in [-0.3, -0.25) is 13.9 Å². The summed E-state index contributed by atoms with van der Waals surface area (Å²) in [5.74, 6) is -0.157. The van der Waals surface area contributed by atoms with Gasteiger partial charge in [0.2, 0.25) is 0 Å². The summed E-state index contributed by atoms with van der Waals surface area (Å²) < 4.78 is 3.11. The Morgan fingerprint density at radius 3 is 2.58 bits per heavy atom. The van der Waals surface area contributed by atoms with Crippen LogP contribution in [0.2, 0.25) is 5.02 Å². The van der Waals surface area contributed by atoms with Gasteiger partial charge in [-0.1, -0.05) is 23.7 Å². The van der Waals surface area contributed by atoms with Crippen LogP contribution in [0.1, 0.15) is 15.9 Å². The first-order chi connectivity index (χ1) is 11.5. The molecule has 0 radical (unpaired) electrons. The highest BCUT2D eigenvalue weighted by molar-refractivity contribution is 6.30. The SMILES string of the molecule is Cn1c(=O)n(C)c2cc(C(=O)NCCc3cccc(Cl)c3)ccc21. The van der Waals surface area contributed by atoms with E-state index in [0.717, 1.165) is 16.6 Å². The van der Waals surface area contributed by atoms with Crippen molar-refractivity contribution in [3.63, 3.8) is 0 Å². The van der Waals surface area contributed by atoms with Crippen molar-refractivity contribution in [3.8, 4) is 0 Å². The molecule has 0 saturated carbocycles. The molecule has 1 aromatic heterocycles. The fourth-order valence-corrected chi connectivity index (χ4v) is 2.98. The standard InChI is InChI=1S/C18H18ClN3O2/c1-21-15-7-6-13(11-16(15)22(2)18(21)24)17(23)20-9-8-12-4-3-5-14(19)10-12/h3-7,10-11H,8-9H2,1-2H3,(H,20,23). The van der Waals surface area contributed by atoms with Gasteiger partial charge in [0.25, 0.3) is 5.91 Å². The Morgan fingerprint density at radius 1 is 1.08 bits per heavy atom. The Bertz CT molecular complexity index is 972. The van der Waals surface area contributed by atoms with Gasteiger partial charge in [-0.2, -0.15) is 0 Å². The van der Waals surface area contributed by atoms with E-state index >= 15 is 0 Å². The van der Waals surface area contributed by atoms with E-state index in [4.69, 9.17) is 11.6 Å². The summed E-state index contributed by atoms with van der Waals surface area (Å²) >= 11 is 5.95. The van der Waals surface area contributed by atoms with Crippen LogP contribution in [-0.2, 0) is 20.5 Å². The van der Waals surface area contributed by atoms with Gasteiger partial charge in [-0.15, -0.1) is 0 Å². The molecule has 0 saturated heterocycles. The van der Waals surface area contributed by atoms with E-state index in [2.05, 4.69) is 5.32 Å². The number of hydrogen-bond donors (Lipinski definition) is 1. The molecule has 1 heterocycles. The van der Waals surface area contributed by atoms with Crippen LogP contribution in [0.5, 0.6) is 0 Å². The van der Waals surface area contributed by atoms with Crippen molar-refractivity contribution < 1.29 is 4.79 Å². The minimum atomic E-state index is -0.157. The number of nitrogens with one attached hydrogen (secondary N) is 1. The number of amides is 1. The van der Waals surface area contributed by atoms with E-state index in [1.54, 1.807) is 36.9 Å². The van der Waals surface area contributed by atoms with Crippen molar-refractivity contribution in [3.05, 3.63) is 69.1 Å². The number of halogens is 1. The van der Waals surface area contributed by atoms with Gasteiger partial charge in [0.1, 0.15) is 0 Å². The zero-order valence-corrected chi connectivity index (χ0v) is 14.3. The second-order valence-electron chi connectivity index (χ2n) is 5.74. The fourth-order valence-electron chi connectivity index (χ4n) is 2.76. The highest BCUT2D eigenvalue weighted by atomic mass is 35.5. The van der Waals surface area contributed by atoms with Gasteiger partial charge in [-0.25, -0.2) is 4.79 Å². The average molecular weight is 344 g/mol. The van der Waals surface area contributed by atoms with Gasteiger partial charge in [-0.05, 0) is 42.3 Å². The summed E-state index contributed by atoms with van der Waals surface area (Å²) in [5, 5.41) is 3.59. The lowest BCUT2D eigenvalue weighted by Gasteiger charge is -2.06. The second-order valence-corrected chi connectivity index (χ2v) is 6.18. The lowest BCUT2D eigenvalue weighted by Crippen LogP contribution is -2.25. The molecular formula is C18H18ClN3O2. The Hall–Kier alpha value is -2.53. The van der Waals surface area contributed by atoms with Crippen molar-refractivity contribution in [1.82, 2.24) is 14.5 Å². The van der Waals surface area contributed by atoms with Gasteiger partial charge < -0.3 is 5.32 Å². The first kappa shape index (κ1) is 16.3. The van der Waals surface area contributed by atoms with Gasteiger partial charge >= 0.3 is 5.69 Å². The molecule has 5 nitrogen and oxygen atoms in total. The van der Waals surface area contributed by atoms with Crippen LogP contribution in [0.3, 0.4) is 0 Å². The van der Waals surface area contributed by atoms with E-state index in [1.807, 2.05) is 24.3 Å². The molecular weight excluding hydrogens is 326 g/mol. The highest BCUT2D eigenvalue weighted by Crippen LogP contribution is 2.14. The fraction of sp³-hybridized carbons (Fsp3) is 0.222. The molecule has 124 valence electrons. The van der Waals surface area contributed by atoms with Crippen LogP contribution in [0.25, 0.3) is 11.0 Å². The molecule has 0 aliphatic rings. The first-order valence-corrected chi connectivity index (χ1v) is 8.03. The number of hydrogen-bond acceptors (Lipinski definition) is 2.